The lowest BCUT2D eigenvalue weighted by atomic mass is 10.1. The normalized spacial score (nSPS) is 12.2. The van der Waals surface area contributed by atoms with Crippen LogP contribution in [0.1, 0.15) is 29.7 Å². The predicted molar refractivity (Wildman–Crippen MR) is 88.4 cm³/mol. The SMILES string of the molecule is CC(NCc1ccccc1CO)c1ccc(N(C)C)cc1. The largest absolute Gasteiger partial charge is 0.392 e. The van der Waals surface area contributed by atoms with Crippen LogP contribution in [0.3, 0.4) is 0 Å². The van der Waals surface area contributed by atoms with Crippen molar-refractivity contribution in [3.8, 4) is 0 Å². The van der Waals surface area contributed by atoms with Gasteiger partial charge >= 0.3 is 0 Å². The third kappa shape index (κ3) is 4.06. The zero-order valence-corrected chi connectivity index (χ0v) is 13.0. The highest BCUT2D eigenvalue weighted by Gasteiger charge is 2.07. The van der Waals surface area contributed by atoms with Crippen LogP contribution in [-0.2, 0) is 13.2 Å². The average molecular weight is 284 g/mol. The fourth-order valence-electron chi connectivity index (χ4n) is 2.33. The Kier molecular flexibility index (Phi) is 5.37. The van der Waals surface area contributed by atoms with Crippen molar-refractivity contribution in [2.75, 3.05) is 19.0 Å². The van der Waals surface area contributed by atoms with E-state index in [2.05, 4.69) is 47.5 Å². The number of nitrogens with zero attached hydrogens (tertiary/aromatic N) is 1. The molecule has 0 bridgehead atoms. The molecule has 0 heterocycles. The number of benzene rings is 2. The van der Waals surface area contributed by atoms with Crippen LogP contribution in [0.4, 0.5) is 5.69 Å². The molecule has 0 aliphatic heterocycles. The van der Waals surface area contributed by atoms with Crippen molar-refractivity contribution >= 4 is 5.69 Å². The maximum atomic E-state index is 9.35. The van der Waals surface area contributed by atoms with Crippen LogP contribution < -0.4 is 10.2 Å². The minimum Gasteiger partial charge on any atom is -0.392 e. The van der Waals surface area contributed by atoms with E-state index in [4.69, 9.17) is 0 Å². The van der Waals surface area contributed by atoms with Gasteiger partial charge in [0, 0.05) is 32.4 Å². The first-order valence-electron chi connectivity index (χ1n) is 7.30. The molecule has 0 saturated heterocycles. The van der Waals surface area contributed by atoms with Gasteiger partial charge in [-0.25, -0.2) is 0 Å². The van der Waals surface area contributed by atoms with E-state index in [9.17, 15) is 5.11 Å². The van der Waals surface area contributed by atoms with E-state index in [1.165, 1.54) is 11.3 Å². The number of nitrogens with one attached hydrogen (secondary N) is 1. The molecule has 2 aromatic carbocycles. The van der Waals surface area contributed by atoms with E-state index in [-0.39, 0.29) is 12.6 Å². The van der Waals surface area contributed by atoms with Crippen LogP contribution in [0.5, 0.6) is 0 Å². The topological polar surface area (TPSA) is 35.5 Å². The molecular formula is C18H24N2O. The molecule has 112 valence electrons. The molecule has 0 aliphatic carbocycles. The molecule has 1 unspecified atom stereocenters. The highest BCUT2D eigenvalue weighted by atomic mass is 16.3. The van der Waals surface area contributed by atoms with Crippen LogP contribution in [0.2, 0.25) is 0 Å². The number of anilines is 1. The van der Waals surface area contributed by atoms with E-state index < -0.39 is 0 Å². The molecule has 0 spiro atoms. The maximum absolute atomic E-state index is 9.35. The summed E-state index contributed by atoms with van der Waals surface area (Å²) in [6.07, 6.45) is 0. The predicted octanol–water partition coefficient (Wildman–Crippen LogP) is 3.10. The van der Waals surface area contributed by atoms with E-state index in [0.717, 1.165) is 17.7 Å². The minimum absolute atomic E-state index is 0.0871. The lowest BCUT2D eigenvalue weighted by Gasteiger charge is -2.18. The van der Waals surface area contributed by atoms with Gasteiger partial charge in [0.05, 0.1) is 6.61 Å². The fraction of sp³-hybridized carbons (Fsp3) is 0.333. The molecule has 3 nitrogen and oxygen atoms in total. The summed E-state index contributed by atoms with van der Waals surface area (Å²) in [7, 11) is 4.09. The first-order valence-corrected chi connectivity index (χ1v) is 7.30. The van der Waals surface area contributed by atoms with Gasteiger partial charge < -0.3 is 15.3 Å². The van der Waals surface area contributed by atoms with Crippen LogP contribution >= 0.6 is 0 Å². The smallest absolute Gasteiger partial charge is 0.0685 e. The Morgan fingerprint density at radius 3 is 2.19 bits per heavy atom. The molecule has 2 N–H and O–H groups in total. The van der Waals surface area contributed by atoms with Crippen molar-refractivity contribution in [2.45, 2.75) is 26.1 Å². The van der Waals surface area contributed by atoms with Gasteiger partial charge in [0.1, 0.15) is 0 Å². The number of hydrogen-bond acceptors (Lipinski definition) is 3. The molecule has 2 aromatic rings. The Balaban J connectivity index is 1.99. The average Bonchev–Trinajstić information content (AvgIpc) is 2.52. The van der Waals surface area contributed by atoms with Crippen LogP contribution in [0.25, 0.3) is 0 Å². The van der Waals surface area contributed by atoms with Crippen molar-refractivity contribution in [1.29, 1.82) is 0 Å². The molecule has 0 amide bonds. The summed E-state index contributed by atoms with van der Waals surface area (Å²) in [6, 6.07) is 16.8. The summed E-state index contributed by atoms with van der Waals surface area (Å²) in [4.78, 5) is 2.10. The number of rotatable bonds is 6. The van der Waals surface area contributed by atoms with Crippen molar-refractivity contribution in [3.05, 3.63) is 65.2 Å². The Bertz CT molecular complexity index is 564. The van der Waals surface area contributed by atoms with Crippen molar-refractivity contribution in [1.82, 2.24) is 5.32 Å². The first kappa shape index (κ1) is 15.5. The fourth-order valence-corrected chi connectivity index (χ4v) is 2.33. The Hall–Kier alpha value is -1.84. The molecular weight excluding hydrogens is 260 g/mol. The molecule has 0 aromatic heterocycles. The van der Waals surface area contributed by atoms with Crippen LogP contribution in [-0.4, -0.2) is 19.2 Å². The quantitative estimate of drug-likeness (QED) is 0.855. The standard InChI is InChI=1S/C18H24N2O/c1-14(15-8-10-18(11-9-15)20(2)3)19-12-16-6-4-5-7-17(16)13-21/h4-11,14,19,21H,12-13H2,1-3H3. The molecule has 0 fully saturated rings. The van der Waals surface area contributed by atoms with Crippen molar-refractivity contribution < 1.29 is 5.11 Å². The third-order valence-corrected chi connectivity index (χ3v) is 3.80. The Morgan fingerprint density at radius 2 is 1.62 bits per heavy atom. The van der Waals surface area contributed by atoms with E-state index in [0.29, 0.717) is 0 Å². The van der Waals surface area contributed by atoms with E-state index in [1.807, 2.05) is 32.3 Å². The highest BCUT2D eigenvalue weighted by molar-refractivity contribution is 5.46. The minimum atomic E-state index is 0.0871. The van der Waals surface area contributed by atoms with E-state index >= 15 is 0 Å². The van der Waals surface area contributed by atoms with Crippen LogP contribution in [0.15, 0.2) is 48.5 Å². The van der Waals surface area contributed by atoms with Gasteiger partial charge in [-0.15, -0.1) is 0 Å². The summed E-state index contributed by atoms with van der Waals surface area (Å²) >= 11 is 0. The van der Waals surface area contributed by atoms with Gasteiger partial charge in [-0.05, 0) is 35.7 Å². The Morgan fingerprint density at radius 1 is 1.00 bits per heavy atom. The van der Waals surface area contributed by atoms with Gasteiger partial charge in [0.2, 0.25) is 0 Å². The molecule has 2 rings (SSSR count). The summed E-state index contributed by atoms with van der Waals surface area (Å²) in [5, 5.41) is 12.9. The summed E-state index contributed by atoms with van der Waals surface area (Å²) in [6.45, 7) is 3.00. The number of aliphatic hydroxyl groups is 1. The Labute approximate surface area is 127 Å². The monoisotopic (exact) mass is 284 g/mol. The maximum Gasteiger partial charge on any atom is 0.0685 e. The second kappa shape index (κ2) is 7.25. The zero-order valence-electron chi connectivity index (χ0n) is 13.0. The number of aliphatic hydroxyl groups excluding tert-OH is 1. The van der Waals surface area contributed by atoms with E-state index in [1.54, 1.807) is 0 Å². The van der Waals surface area contributed by atoms with Gasteiger partial charge in [-0.1, -0.05) is 36.4 Å². The van der Waals surface area contributed by atoms with Gasteiger partial charge in [-0.3, -0.25) is 0 Å². The van der Waals surface area contributed by atoms with Gasteiger partial charge in [0.15, 0.2) is 0 Å². The summed E-state index contributed by atoms with van der Waals surface area (Å²) < 4.78 is 0. The molecule has 0 saturated carbocycles. The summed E-state index contributed by atoms with van der Waals surface area (Å²) in [5.74, 6) is 0. The lowest BCUT2D eigenvalue weighted by molar-refractivity contribution is 0.280. The molecule has 0 radical (unpaired) electrons. The lowest BCUT2D eigenvalue weighted by Crippen LogP contribution is -2.19. The van der Waals surface area contributed by atoms with Crippen molar-refractivity contribution in [2.24, 2.45) is 0 Å². The highest BCUT2D eigenvalue weighted by Crippen LogP contribution is 2.18. The molecule has 3 heteroatoms. The van der Waals surface area contributed by atoms with Gasteiger partial charge in [0.25, 0.3) is 0 Å². The third-order valence-electron chi connectivity index (χ3n) is 3.80. The second-order valence-electron chi connectivity index (χ2n) is 5.52. The summed E-state index contributed by atoms with van der Waals surface area (Å²) in [5.41, 5.74) is 4.61. The first-order chi connectivity index (χ1) is 10.1. The van der Waals surface area contributed by atoms with Crippen molar-refractivity contribution in [3.63, 3.8) is 0 Å². The molecule has 1 atom stereocenters. The van der Waals surface area contributed by atoms with Gasteiger partial charge in [-0.2, -0.15) is 0 Å². The van der Waals surface area contributed by atoms with Crippen LogP contribution in [0, 0.1) is 0 Å². The zero-order chi connectivity index (χ0) is 15.2. The second-order valence-corrected chi connectivity index (χ2v) is 5.52. The molecule has 21 heavy (non-hydrogen) atoms. The number of hydrogen-bond donors (Lipinski definition) is 2. The molecule has 0 aliphatic rings.